The summed E-state index contributed by atoms with van der Waals surface area (Å²) in [4.78, 5) is 23.6. The summed E-state index contributed by atoms with van der Waals surface area (Å²) in [6.45, 7) is 4.44. The topological polar surface area (TPSA) is 67.4 Å². The van der Waals surface area contributed by atoms with Crippen molar-refractivity contribution in [3.8, 4) is 5.75 Å². The Balaban J connectivity index is 1.66. The molecule has 0 atom stereocenters. The van der Waals surface area contributed by atoms with E-state index in [1.165, 1.54) is 5.56 Å². The SMILES string of the molecule is CC(C)c1ccc(NC(=O)CNC(=O)CCOc2ccccc2)cc1. The zero-order valence-corrected chi connectivity index (χ0v) is 14.6. The fourth-order valence-electron chi connectivity index (χ4n) is 2.20. The Hall–Kier alpha value is -2.82. The lowest BCUT2D eigenvalue weighted by molar-refractivity contribution is -0.124. The van der Waals surface area contributed by atoms with E-state index < -0.39 is 0 Å². The molecule has 2 N–H and O–H groups in total. The van der Waals surface area contributed by atoms with Gasteiger partial charge >= 0.3 is 0 Å². The predicted molar refractivity (Wildman–Crippen MR) is 98.7 cm³/mol. The molecule has 0 heterocycles. The molecule has 25 heavy (non-hydrogen) atoms. The Bertz CT molecular complexity index is 682. The van der Waals surface area contributed by atoms with Crippen LogP contribution in [-0.2, 0) is 9.59 Å². The van der Waals surface area contributed by atoms with Crippen molar-refractivity contribution in [1.29, 1.82) is 0 Å². The summed E-state index contributed by atoms with van der Waals surface area (Å²) < 4.78 is 5.45. The van der Waals surface area contributed by atoms with Gasteiger partial charge in [-0.2, -0.15) is 0 Å². The molecule has 0 unspecified atom stereocenters. The lowest BCUT2D eigenvalue weighted by atomic mass is 10.0. The molecular formula is C20H24N2O3. The van der Waals surface area contributed by atoms with Crippen molar-refractivity contribution in [2.45, 2.75) is 26.2 Å². The number of carbonyl (C=O) groups excluding carboxylic acids is 2. The third-order valence-corrected chi connectivity index (χ3v) is 3.65. The summed E-state index contributed by atoms with van der Waals surface area (Å²) in [5.74, 6) is 0.691. The molecule has 0 aliphatic rings. The van der Waals surface area contributed by atoms with Crippen LogP contribution in [0.1, 0.15) is 31.7 Å². The average molecular weight is 340 g/mol. The molecule has 2 rings (SSSR count). The van der Waals surface area contributed by atoms with E-state index in [4.69, 9.17) is 4.74 Å². The van der Waals surface area contributed by atoms with Crippen molar-refractivity contribution in [1.82, 2.24) is 5.32 Å². The van der Waals surface area contributed by atoms with E-state index >= 15 is 0 Å². The molecule has 2 aromatic rings. The van der Waals surface area contributed by atoms with Gasteiger partial charge in [0.05, 0.1) is 19.6 Å². The lowest BCUT2D eigenvalue weighted by Gasteiger charge is -2.09. The first kappa shape index (κ1) is 18.5. The van der Waals surface area contributed by atoms with Crippen molar-refractivity contribution >= 4 is 17.5 Å². The van der Waals surface area contributed by atoms with Gasteiger partial charge in [0, 0.05) is 5.69 Å². The molecule has 2 amide bonds. The summed E-state index contributed by atoms with van der Waals surface area (Å²) in [6, 6.07) is 17.0. The van der Waals surface area contributed by atoms with Gasteiger partial charge in [-0.3, -0.25) is 9.59 Å². The van der Waals surface area contributed by atoms with E-state index in [1.807, 2.05) is 54.6 Å². The van der Waals surface area contributed by atoms with Crippen LogP contribution < -0.4 is 15.4 Å². The van der Waals surface area contributed by atoms with Gasteiger partial charge in [-0.05, 0) is 35.7 Å². The highest BCUT2D eigenvalue weighted by atomic mass is 16.5. The van der Waals surface area contributed by atoms with Crippen LogP contribution in [0.2, 0.25) is 0 Å². The summed E-state index contributed by atoms with van der Waals surface area (Å²) >= 11 is 0. The Morgan fingerprint density at radius 1 is 0.960 bits per heavy atom. The van der Waals surface area contributed by atoms with Crippen LogP contribution in [0.4, 0.5) is 5.69 Å². The first-order valence-corrected chi connectivity index (χ1v) is 8.39. The Kier molecular flexibility index (Phi) is 7.01. The number of hydrogen-bond donors (Lipinski definition) is 2. The Morgan fingerprint density at radius 3 is 2.28 bits per heavy atom. The molecule has 0 bridgehead atoms. The van der Waals surface area contributed by atoms with Gasteiger partial charge in [-0.15, -0.1) is 0 Å². The number of nitrogens with one attached hydrogen (secondary N) is 2. The van der Waals surface area contributed by atoms with Crippen molar-refractivity contribution < 1.29 is 14.3 Å². The normalized spacial score (nSPS) is 10.4. The van der Waals surface area contributed by atoms with Gasteiger partial charge < -0.3 is 15.4 Å². The van der Waals surface area contributed by atoms with E-state index in [0.29, 0.717) is 5.92 Å². The van der Waals surface area contributed by atoms with E-state index in [2.05, 4.69) is 24.5 Å². The molecule has 132 valence electrons. The van der Waals surface area contributed by atoms with Crippen LogP contribution in [0.15, 0.2) is 54.6 Å². The number of amides is 2. The Labute approximate surface area is 148 Å². The van der Waals surface area contributed by atoms with Crippen LogP contribution >= 0.6 is 0 Å². The molecule has 5 nitrogen and oxygen atoms in total. The number of carbonyl (C=O) groups is 2. The second-order valence-electron chi connectivity index (χ2n) is 6.01. The van der Waals surface area contributed by atoms with Gasteiger partial charge in [0.2, 0.25) is 11.8 Å². The van der Waals surface area contributed by atoms with Gasteiger partial charge in [0.1, 0.15) is 5.75 Å². The number of hydrogen-bond acceptors (Lipinski definition) is 3. The molecule has 0 aliphatic heterocycles. The van der Waals surface area contributed by atoms with Crippen molar-refractivity contribution in [3.63, 3.8) is 0 Å². The first-order valence-electron chi connectivity index (χ1n) is 8.39. The van der Waals surface area contributed by atoms with Crippen LogP contribution in [0, 0.1) is 0 Å². The van der Waals surface area contributed by atoms with Gasteiger partial charge in [-0.25, -0.2) is 0 Å². The quantitative estimate of drug-likeness (QED) is 0.774. The van der Waals surface area contributed by atoms with Crippen molar-refractivity contribution in [3.05, 3.63) is 60.2 Å². The largest absolute Gasteiger partial charge is 0.493 e. The molecule has 0 saturated heterocycles. The number of ether oxygens (including phenoxy) is 1. The van der Waals surface area contributed by atoms with E-state index in [1.54, 1.807) is 0 Å². The van der Waals surface area contributed by atoms with Gasteiger partial charge in [0.15, 0.2) is 0 Å². The highest BCUT2D eigenvalue weighted by Crippen LogP contribution is 2.16. The zero-order valence-electron chi connectivity index (χ0n) is 14.6. The minimum atomic E-state index is -0.255. The summed E-state index contributed by atoms with van der Waals surface area (Å²) in [7, 11) is 0. The average Bonchev–Trinajstić information content (AvgIpc) is 2.61. The maximum Gasteiger partial charge on any atom is 0.243 e. The molecule has 0 spiro atoms. The van der Waals surface area contributed by atoms with Crippen LogP contribution in [0.5, 0.6) is 5.75 Å². The minimum Gasteiger partial charge on any atom is -0.493 e. The second-order valence-corrected chi connectivity index (χ2v) is 6.01. The highest BCUT2D eigenvalue weighted by Gasteiger charge is 2.07. The van der Waals surface area contributed by atoms with Crippen molar-refractivity contribution in [2.75, 3.05) is 18.5 Å². The number of anilines is 1. The molecule has 0 aliphatic carbocycles. The van der Waals surface area contributed by atoms with E-state index in [0.717, 1.165) is 11.4 Å². The van der Waals surface area contributed by atoms with Gasteiger partial charge in [-0.1, -0.05) is 44.2 Å². The van der Waals surface area contributed by atoms with E-state index in [9.17, 15) is 9.59 Å². The fraction of sp³-hybridized carbons (Fsp3) is 0.300. The monoisotopic (exact) mass is 340 g/mol. The molecule has 0 saturated carbocycles. The smallest absolute Gasteiger partial charge is 0.243 e. The van der Waals surface area contributed by atoms with Crippen LogP contribution in [0.3, 0.4) is 0 Å². The first-order chi connectivity index (χ1) is 12.0. The van der Waals surface area contributed by atoms with Crippen LogP contribution in [0.25, 0.3) is 0 Å². The van der Waals surface area contributed by atoms with Crippen molar-refractivity contribution in [2.24, 2.45) is 0 Å². The molecule has 0 radical (unpaired) electrons. The summed E-state index contributed by atoms with van der Waals surface area (Å²) in [5, 5.41) is 5.35. The number of benzene rings is 2. The fourth-order valence-corrected chi connectivity index (χ4v) is 2.20. The molecule has 2 aromatic carbocycles. The molecule has 0 fully saturated rings. The summed E-state index contributed by atoms with van der Waals surface area (Å²) in [6.07, 6.45) is 0.200. The van der Waals surface area contributed by atoms with Crippen LogP contribution in [-0.4, -0.2) is 25.0 Å². The maximum absolute atomic E-state index is 11.9. The number of rotatable bonds is 8. The lowest BCUT2D eigenvalue weighted by Crippen LogP contribution is -2.33. The highest BCUT2D eigenvalue weighted by molar-refractivity contribution is 5.94. The predicted octanol–water partition coefficient (Wildman–Crippen LogP) is 3.33. The molecule has 0 aromatic heterocycles. The molecular weight excluding hydrogens is 316 g/mol. The number of para-hydroxylation sites is 1. The second kappa shape index (κ2) is 9.47. The maximum atomic E-state index is 11.9. The standard InChI is InChI=1S/C20H24N2O3/c1-15(2)16-8-10-17(11-9-16)22-20(24)14-21-19(23)12-13-25-18-6-4-3-5-7-18/h3-11,15H,12-14H2,1-2H3,(H,21,23)(H,22,24). The molecule has 5 heteroatoms. The van der Waals surface area contributed by atoms with Gasteiger partial charge in [0.25, 0.3) is 0 Å². The third kappa shape index (κ3) is 6.67. The summed E-state index contributed by atoms with van der Waals surface area (Å²) in [5.41, 5.74) is 1.93. The third-order valence-electron chi connectivity index (χ3n) is 3.65. The van der Waals surface area contributed by atoms with E-state index in [-0.39, 0.29) is 31.4 Å². The zero-order chi connectivity index (χ0) is 18.1. The minimum absolute atomic E-state index is 0.0594. The Morgan fingerprint density at radius 2 is 1.64 bits per heavy atom.